The molecule has 1 aliphatic rings. The molecule has 0 amide bonds. The van der Waals surface area contributed by atoms with Crippen LogP contribution in [0, 0.1) is 11.7 Å². The van der Waals surface area contributed by atoms with E-state index >= 15 is 0 Å². The van der Waals surface area contributed by atoms with Crippen molar-refractivity contribution in [1.29, 1.82) is 0 Å². The van der Waals surface area contributed by atoms with E-state index in [1.54, 1.807) is 12.1 Å². The number of hydrogen-bond donors (Lipinski definition) is 2. The van der Waals surface area contributed by atoms with Crippen molar-refractivity contribution in [1.82, 2.24) is 5.32 Å². The van der Waals surface area contributed by atoms with Gasteiger partial charge in [0.15, 0.2) is 0 Å². The Bertz CT molecular complexity index is 494. The first-order valence-electron chi connectivity index (χ1n) is 8.55. The molecule has 23 heavy (non-hydrogen) atoms. The predicted octanol–water partition coefficient (Wildman–Crippen LogP) is 3.87. The van der Waals surface area contributed by atoms with Gasteiger partial charge in [0, 0.05) is 31.2 Å². The Morgan fingerprint density at radius 3 is 2.96 bits per heavy atom. The molecule has 1 aliphatic heterocycles. The van der Waals surface area contributed by atoms with Gasteiger partial charge in [0.1, 0.15) is 5.82 Å². The molecule has 0 radical (unpaired) electrons. The minimum absolute atomic E-state index is 0.00342. The number of benzene rings is 1. The van der Waals surface area contributed by atoms with Gasteiger partial charge in [0.25, 0.3) is 0 Å². The second kappa shape index (κ2) is 8.97. The fraction of sp³-hybridized carbons (Fsp3) is 0.667. The summed E-state index contributed by atoms with van der Waals surface area (Å²) >= 11 is 5.94. The van der Waals surface area contributed by atoms with Gasteiger partial charge in [0.05, 0.1) is 10.6 Å². The number of aliphatic hydroxyl groups is 1. The lowest BCUT2D eigenvalue weighted by Gasteiger charge is -2.39. The molecule has 2 rings (SSSR count). The normalized spacial score (nSPS) is 21.1. The third kappa shape index (κ3) is 4.66. The fourth-order valence-corrected chi connectivity index (χ4v) is 3.57. The van der Waals surface area contributed by atoms with Crippen LogP contribution in [0.3, 0.4) is 0 Å². The maximum atomic E-state index is 14.5. The number of unbranched alkanes of at least 4 members (excludes halogenated alkanes) is 1. The molecule has 2 atom stereocenters. The Balaban J connectivity index is 2.18. The molecule has 1 aromatic rings. The Labute approximate surface area is 143 Å². The van der Waals surface area contributed by atoms with Gasteiger partial charge >= 0.3 is 0 Å². The molecular weight excluding hydrogens is 317 g/mol. The van der Waals surface area contributed by atoms with E-state index in [2.05, 4.69) is 5.32 Å². The van der Waals surface area contributed by atoms with Crippen molar-refractivity contribution in [3.63, 3.8) is 0 Å². The number of nitrogens with one attached hydrogen (secondary N) is 1. The largest absolute Gasteiger partial charge is 0.385 e. The molecule has 1 heterocycles. The van der Waals surface area contributed by atoms with E-state index in [-0.39, 0.29) is 10.9 Å². The van der Waals surface area contributed by atoms with Crippen molar-refractivity contribution < 1.29 is 14.2 Å². The molecule has 5 heteroatoms. The van der Waals surface area contributed by atoms with Crippen LogP contribution in [-0.2, 0) is 10.3 Å². The Kier molecular flexibility index (Phi) is 7.28. The van der Waals surface area contributed by atoms with Gasteiger partial charge < -0.3 is 15.2 Å². The zero-order valence-electron chi connectivity index (χ0n) is 13.8. The van der Waals surface area contributed by atoms with Crippen LogP contribution in [0.4, 0.5) is 4.39 Å². The van der Waals surface area contributed by atoms with E-state index in [9.17, 15) is 9.50 Å². The average molecular weight is 344 g/mol. The van der Waals surface area contributed by atoms with Crippen molar-refractivity contribution in [2.24, 2.45) is 5.92 Å². The lowest BCUT2D eigenvalue weighted by molar-refractivity contribution is -0.0462. The zero-order chi connectivity index (χ0) is 16.7. The molecule has 2 unspecified atom stereocenters. The van der Waals surface area contributed by atoms with Crippen molar-refractivity contribution in [2.45, 2.75) is 44.6 Å². The standard InChI is InChI=1S/C18H27ClFNO2/c1-2-23-12-4-3-10-18(22,14-7-6-11-21-13-14)15-8-5-9-16(19)17(15)20/h5,8-9,14,21-22H,2-4,6-7,10-13H2,1H3. The van der Waals surface area contributed by atoms with E-state index in [1.807, 2.05) is 6.92 Å². The van der Waals surface area contributed by atoms with Gasteiger partial charge in [0.2, 0.25) is 0 Å². The van der Waals surface area contributed by atoms with E-state index in [0.717, 1.165) is 32.2 Å². The summed E-state index contributed by atoms with van der Waals surface area (Å²) < 4.78 is 19.9. The first-order valence-corrected chi connectivity index (χ1v) is 8.92. The van der Waals surface area contributed by atoms with Crippen LogP contribution in [0.15, 0.2) is 18.2 Å². The Morgan fingerprint density at radius 2 is 2.26 bits per heavy atom. The maximum Gasteiger partial charge on any atom is 0.147 e. The monoisotopic (exact) mass is 343 g/mol. The van der Waals surface area contributed by atoms with Gasteiger partial charge in [-0.3, -0.25) is 0 Å². The molecular formula is C18H27ClFNO2. The van der Waals surface area contributed by atoms with Crippen LogP contribution in [-0.4, -0.2) is 31.4 Å². The summed E-state index contributed by atoms with van der Waals surface area (Å²) in [5.74, 6) is -0.497. The van der Waals surface area contributed by atoms with E-state index < -0.39 is 11.4 Å². The third-order valence-corrected chi connectivity index (χ3v) is 4.98. The fourth-order valence-electron chi connectivity index (χ4n) is 3.40. The minimum Gasteiger partial charge on any atom is -0.385 e. The maximum absolute atomic E-state index is 14.5. The van der Waals surface area contributed by atoms with E-state index in [4.69, 9.17) is 16.3 Å². The molecule has 1 aromatic carbocycles. The van der Waals surface area contributed by atoms with Gasteiger partial charge in [-0.05, 0) is 51.6 Å². The number of rotatable bonds is 8. The predicted molar refractivity (Wildman–Crippen MR) is 91.2 cm³/mol. The molecule has 1 fully saturated rings. The molecule has 0 saturated carbocycles. The molecule has 2 N–H and O–H groups in total. The van der Waals surface area contributed by atoms with Crippen LogP contribution >= 0.6 is 11.6 Å². The van der Waals surface area contributed by atoms with E-state index in [0.29, 0.717) is 31.7 Å². The van der Waals surface area contributed by atoms with Gasteiger partial charge in [-0.2, -0.15) is 0 Å². The molecule has 1 saturated heterocycles. The molecule has 0 aromatic heterocycles. The molecule has 130 valence electrons. The van der Waals surface area contributed by atoms with Crippen LogP contribution in [0.5, 0.6) is 0 Å². The minimum atomic E-state index is -1.19. The number of halogens is 2. The summed E-state index contributed by atoms with van der Waals surface area (Å²) in [6.07, 6.45) is 4.05. The first-order chi connectivity index (χ1) is 11.1. The van der Waals surface area contributed by atoms with Crippen molar-refractivity contribution >= 4 is 11.6 Å². The lowest BCUT2D eigenvalue weighted by atomic mass is 9.74. The van der Waals surface area contributed by atoms with E-state index in [1.165, 1.54) is 6.07 Å². The number of hydrogen-bond acceptors (Lipinski definition) is 3. The summed E-state index contributed by atoms with van der Waals surface area (Å²) in [6.45, 7) is 4.99. The third-order valence-electron chi connectivity index (χ3n) is 4.69. The average Bonchev–Trinajstić information content (AvgIpc) is 2.58. The van der Waals surface area contributed by atoms with Crippen molar-refractivity contribution in [3.05, 3.63) is 34.6 Å². The van der Waals surface area contributed by atoms with Gasteiger partial charge in [-0.1, -0.05) is 23.7 Å². The quantitative estimate of drug-likeness (QED) is 0.704. The number of piperidine rings is 1. The number of ether oxygens (including phenoxy) is 1. The molecule has 0 aliphatic carbocycles. The molecule has 0 spiro atoms. The summed E-state index contributed by atoms with van der Waals surface area (Å²) in [7, 11) is 0. The second-order valence-electron chi connectivity index (χ2n) is 6.22. The van der Waals surface area contributed by atoms with Crippen LogP contribution in [0.25, 0.3) is 0 Å². The van der Waals surface area contributed by atoms with Crippen LogP contribution < -0.4 is 5.32 Å². The highest BCUT2D eigenvalue weighted by atomic mass is 35.5. The highest BCUT2D eigenvalue weighted by molar-refractivity contribution is 6.30. The first kappa shape index (κ1) is 18.7. The SMILES string of the molecule is CCOCCCCC(O)(c1cccc(Cl)c1F)C1CCCNC1. The lowest BCUT2D eigenvalue weighted by Crippen LogP contribution is -2.44. The highest BCUT2D eigenvalue weighted by Gasteiger charge is 2.40. The van der Waals surface area contributed by atoms with Crippen molar-refractivity contribution in [3.8, 4) is 0 Å². The highest BCUT2D eigenvalue weighted by Crippen LogP contribution is 2.40. The van der Waals surface area contributed by atoms with Gasteiger partial charge in [-0.15, -0.1) is 0 Å². The second-order valence-corrected chi connectivity index (χ2v) is 6.63. The van der Waals surface area contributed by atoms with Crippen molar-refractivity contribution in [2.75, 3.05) is 26.3 Å². The molecule has 3 nitrogen and oxygen atoms in total. The van der Waals surface area contributed by atoms with Crippen LogP contribution in [0.2, 0.25) is 5.02 Å². The summed E-state index contributed by atoms with van der Waals surface area (Å²) in [6, 6.07) is 4.90. The van der Waals surface area contributed by atoms with Gasteiger partial charge in [-0.25, -0.2) is 4.39 Å². The summed E-state index contributed by atoms with van der Waals surface area (Å²) in [5, 5.41) is 14.8. The Hall–Kier alpha value is -0.680. The zero-order valence-corrected chi connectivity index (χ0v) is 14.5. The molecule has 0 bridgehead atoms. The summed E-state index contributed by atoms with van der Waals surface area (Å²) in [5.41, 5.74) is -0.857. The summed E-state index contributed by atoms with van der Waals surface area (Å²) in [4.78, 5) is 0. The smallest absolute Gasteiger partial charge is 0.147 e. The van der Waals surface area contributed by atoms with Crippen LogP contribution in [0.1, 0.15) is 44.6 Å². The topological polar surface area (TPSA) is 41.5 Å². The Morgan fingerprint density at radius 1 is 1.43 bits per heavy atom.